The van der Waals surface area contributed by atoms with E-state index in [-0.39, 0.29) is 22.9 Å². The van der Waals surface area contributed by atoms with Crippen molar-refractivity contribution in [3.63, 3.8) is 0 Å². The zero-order valence-corrected chi connectivity index (χ0v) is 13.0. The number of hydrogen-bond acceptors (Lipinski definition) is 4. The molecular weight excluding hydrogens is 303 g/mol. The van der Waals surface area contributed by atoms with Gasteiger partial charge in [-0.1, -0.05) is 0 Å². The summed E-state index contributed by atoms with van der Waals surface area (Å²) < 4.78 is 29.3. The van der Waals surface area contributed by atoms with Gasteiger partial charge in [0.2, 0.25) is 5.79 Å². The van der Waals surface area contributed by atoms with Crippen molar-refractivity contribution in [3.05, 3.63) is 53.8 Å². The molecule has 0 saturated heterocycles. The molecule has 0 fully saturated rings. The summed E-state index contributed by atoms with van der Waals surface area (Å²) in [5.41, 5.74) is 0.00603. The summed E-state index contributed by atoms with van der Waals surface area (Å²) in [5, 5.41) is 9.20. The minimum absolute atomic E-state index is 0.00603. The lowest BCUT2D eigenvalue weighted by Crippen LogP contribution is -2.30. The largest absolute Gasteiger partial charge is 0.478 e. The van der Waals surface area contributed by atoms with Crippen molar-refractivity contribution in [1.29, 1.82) is 0 Å². The van der Waals surface area contributed by atoms with Gasteiger partial charge in [-0.15, -0.1) is 0 Å². The number of rotatable bonds is 6. The molecule has 6 heteroatoms. The molecule has 0 heterocycles. The molecule has 122 valence electrons. The Balaban J connectivity index is 2.32. The van der Waals surface area contributed by atoms with E-state index in [0.717, 1.165) is 0 Å². The van der Waals surface area contributed by atoms with Gasteiger partial charge in [-0.2, -0.15) is 0 Å². The van der Waals surface area contributed by atoms with Gasteiger partial charge in [0.05, 0.1) is 5.56 Å². The smallest absolute Gasteiger partial charge is 0.335 e. The van der Waals surface area contributed by atoms with Crippen LogP contribution in [0.25, 0.3) is 0 Å². The number of benzene rings is 2. The van der Waals surface area contributed by atoms with Crippen LogP contribution in [0.4, 0.5) is 4.39 Å². The minimum Gasteiger partial charge on any atom is -0.478 e. The fourth-order valence-electron chi connectivity index (χ4n) is 1.78. The first kappa shape index (κ1) is 16.8. The predicted octanol–water partition coefficient (Wildman–Crippen LogP) is 4.08. The fourth-order valence-corrected chi connectivity index (χ4v) is 1.78. The van der Waals surface area contributed by atoms with Gasteiger partial charge in [-0.25, -0.2) is 9.18 Å². The molecule has 0 aromatic heterocycles. The number of hydrogen-bond donors (Lipinski definition) is 1. The van der Waals surface area contributed by atoms with E-state index in [0.29, 0.717) is 5.75 Å². The molecule has 0 atom stereocenters. The van der Waals surface area contributed by atoms with Crippen molar-refractivity contribution < 1.29 is 28.5 Å². The second-order valence-corrected chi connectivity index (χ2v) is 5.26. The van der Waals surface area contributed by atoms with Crippen LogP contribution in [0.2, 0.25) is 0 Å². The highest BCUT2D eigenvalue weighted by Gasteiger charge is 2.20. The molecule has 1 N–H and O–H groups in total. The highest BCUT2D eigenvalue weighted by molar-refractivity contribution is 5.88. The number of ether oxygens (including phenoxy) is 3. The van der Waals surface area contributed by atoms with Crippen molar-refractivity contribution in [2.75, 3.05) is 7.11 Å². The molecular formula is C17H17FO5. The van der Waals surface area contributed by atoms with Crippen molar-refractivity contribution in [3.8, 4) is 17.2 Å². The third-order valence-corrected chi connectivity index (χ3v) is 3.03. The van der Waals surface area contributed by atoms with E-state index >= 15 is 0 Å². The van der Waals surface area contributed by atoms with E-state index in [1.807, 2.05) is 0 Å². The van der Waals surface area contributed by atoms with E-state index in [2.05, 4.69) is 0 Å². The summed E-state index contributed by atoms with van der Waals surface area (Å²) in [4.78, 5) is 11.2. The van der Waals surface area contributed by atoms with Crippen LogP contribution in [-0.2, 0) is 4.74 Å². The minimum atomic E-state index is -1.12. The van der Waals surface area contributed by atoms with Crippen molar-refractivity contribution in [2.45, 2.75) is 19.6 Å². The van der Waals surface area contributed by atoms with Crippen LogP contribution >= 0.6 is 0 Å². The predicted molar refractivity (Wildman–Crippen MR) is 81.6 cm³/mol. The lowest BCUT2D eigenvalue weighted by molar-refractivity contribution is -0.134. The molecule has 0 spiro atoms. The number of aromatic carboxylic acids is 1. The number of carboxylic acid groups (broad SMARTS) is 1. The molecule has 0 aliphatic rings. The zero-order chi connectivity index (χ0) is 17.0. The van der Waals surface area contributed by atoms with Crippen molar-refractivity contribution >= 4 is 5.97 Å². The summed E-state index contributed by atoms with van der Waals surface area (Å²) in [5.74, 6) is -1.50. The van der Waals surface area contributed by atoms with Gasteiger partial charge in [0.1, 0.15) is 23.1 Å². The molecule has 2 aromatic rings. The fraction of sp³-hybridized carbons (Fsp3) is 0.235. The average molecular weight is 320 g/mol. The first-order chi connectivity index (χ1) is 10.8. The monoisotopic (exact) mass is 320 g/mol. The van der Waals surface area contributed by atoms with Gasteiger partial charge in [-0.3, -0.25) is 0 Å². The van der Waals surface area contributed by atoms with Crippen LogP contribution in [0, 0.1) is 5.82 Å². The van der Waals surface area contributed by atoms with Crippen LogP contribution in [0.1, 0.15) is 24.2 Å². The molecule has 0 radical (unpaired) electrons. The zero-order valence-electron chi connectivity index (χ0n) is 13.0. The van der Waals surface area contributed by atoms with Crippen LogP contribution in [0.5, 0.6) is 17.2 Å². The molecule has 0 amide bonds. The number of halogens is 1. The van der Waals surface area contributed by atoms with Gasteiger partial charge in [0.25, 0.3) is 0 Å². The number of carboxylic acids is 1. The normalized spacial score (nSPS) is 11.1. The molecule has 0 aliphatic heterocycles. The standard InChI is InChI=1S/C17H17FO5/c1-17(2,21-3)23-15-9-11(16(19)20)8-14(10-15)22-13-6-4-12(18)5-7-13/h4-10H,1-3H3,(H,19,20). The van der Waals surface area contributed by atoms with Crippen LogP contribution < -0.4 is 9.47 Å². The molecule has 23 heavy (non-hydrogen) atoms. The summed E-state index contributed by atoms with van der Waals surface area (Å²) in [6.45, 7) is 3.39. The Morgan fingerprint density at radius 1 is 1.04 bits per heavy atom. The quantitative estimate of drug-likeness (QED) is 0.813. The summed E-state index contributed by atoms with van der Waals surface area (Å²) in [6, 6.07) is 9.67. The van der Waals surface area contributed by atoms with Crippen LogP contribution in [0.15, 0.2) is 42.5 Å². The Morgan fingerprint density at radius 2 is 1.65 bits per heavy atom. The molecule has 5 nitrogen and oxygen atoms in total. The van der Waals surface area contributed by atoms with Crippen LogP contribution in [0.3, 0.4) is 0 Å². The van der Waals surface area contributed by atoms with E-state index in [1.54, 1.807) is 13.8 Å². The van der Waals surface area contributed by atoms with E-state index in [1.165, 1.54) is 49.6 Å². The van der Waals surface area contributed by atoms with Gasteiger partial charge in [0, 0.05) is 27.0 Å². The molecule has 0 saturated carbocycles. The Morgan fingerprint density at radius 3 is 2.22 bits per heavy atom. The summed E-state index contributed by atoms with van der Waals surface area (Å²) in [7, 11) is 1.48. The van der Waals surface area contributed by atoms with Gasteiger partial charge < -0.3 is 19.3 Å². The lowest BCUT2D eigenvalue weighted by atomic mass is 10.2. The Hall–Kier alpha value is -2.60. The van der Waals surface area contributed by atoms with Gasteiger partial charge >= 0.3 is 5.97 Å². The van der Waals surface area contributed by atoms with Crippen molar-refractivity contribution in [1.82, 2.24) is 0 Å². The number of methoxy groups -OCH3 is 1. The Labute approximate surface area is 133 Å². The first-order valence-corrected chi connectivity index (χ1v) is 6.85. The Bertz CT molecular complexity index is 695. The second kappa shape index (κ2) is 6.66. The number of carbonyl (C=O) groups is 1. The van der Waals surface area contributed by atoms with E-state index < -0.39 is 11.8 Å². The SMILES string of the molecule is COC(C)(C)Oc1cc(Oc2ccc(F)cc2)cc(C(=O)O)c1. The van der Waals surface area contributed by atoms with E-state index in [4.69, 9.17) is 14.2 Å². The highest BCUT2D eigenvalue weighted by atomic mass is 19.1. The maximum absolute atomic E-state index is 12.9. The van der Waals surface area contributed by atoms with Gasteiger partial charge in [-0.05, 0) is 36.4 Å². The first-order valence-electron chi connectivity index (χ1n) is 6.85. The Kier molecular flexibility index (Phi) is 4.86. The maximum Gasteiger partial charge on any atom is 0.335 e. The maximum atomic E-state index is 12.9. The highest BCUT2D eigenvalue weighted by Crippen LogP contribution is 2.29. The molecule has 0 unspecified atom stereocenters. The lowest BCUT2D eigenvalue weighted by Gasteiger charge is -2.25. The average Bonchev–Trinajstić information content (AvgIpc) is 2.49. The molecule has 2 aromatic carbocycles. The van der Waals surface area contributed by atoms with Crippen molar-refractivity contribution in [2.24, 2.45) is 0 Å². The van der Waals surface area contributed by atoms with E-state index in [9.17, 15) is 14.3 Å². The third kappa shape index (κ3) is 4.69. The van der Waals surface area contributed by atoms with Crippen LogP contribution in [-0.4, -0.2) is 24.0 Å². The van der Waals surface area contributed by atoms with Gasteiger partial charge in [0.15, 0.2) is 0 Å². The summed E-state index contributed by atoms with van der Waals surface area (Å²) in [6.07, 6.45) is 0. The molecule has 0 aliphatic carbocycles. The second-order valence-electron chi connectivity index (χ2n) is 5.26. The summed E-state index contributed by atoms with van der Waals surface area (Å²) >= 11 is 0. The third-order valence-electron chi connectivity index (χ3n) is 3.03. The molecule has 0 bridgehead atoms. The molecule has 2 rings (SSSR count). The topological polar surface area (TPSA) is 65.0 Å².